The van der Waals surface area contributed by atoms with Gasteiger partial charge in [0, 0.05) is 27.1 Å². The minimum Gasteiger partial charge on any atom is -0.457 e. The predicted molar refractivity (Wildman–Crippen MR) is 283 cm³/mol. The number of para-hydroxylation sites is 5. The van der Waals surface area contributed by atoms with E-state index in [1.807, 2.05) is 0 Å². The van der Waals surface area contributed by atoms with Crippen LogP contribution in [0, 0.1) is 0 Å². The highest BCUT2D eigenvalue weighted by Crippen LogP contribution is 2.45. The molecule has 0 unspecified atom stereocenters. The van der Waals surface area contributed by atoms with Crippen LogP contribution in [0.3, 0.4) is 0 Å². The van der Waals surface area contributed by atoms with Gasteiger partial charge in [-0.3, -0.25) is 8.80 Å². The van der Waals surface area contributed by atoms with E-state index in [4.69, 9.17) is 14.7 Å². The second-order valence-electron chi connectivity index (χ2n) is 19.7. The molecule has 0 aliphatic heterocycles. The second-order valence-corrected chi connectivity index (χ2v) is 19.7. The van der Waals surface area contributed by atoms with Gasteiger partial charge in [0.25, 0.3) is 0 Å². The van der Waals surface area contributed by atoms with Crippen LogP contribution in [0.25, 0.3) is 99.0 Å². The maximum atomic E-state index is 6.92. The Bertz CT molecular complexity index is 3920. The molecule has 0 fully saturated rings. The van der Waals surface area contributed by atoms with E-state index in [9.17, 15) is 0 Å². The lowest BCUT2D eigenvalue weighted by molar-refractivity contribution is 0.484. The number of ether oxygens (including phenoxy) is 1. The normalized spacial score (nSPS) is 12.4. The van der Waals surface area contributed by atoms with Crippen molar-refractivity contribution < 1.29 is 4.74 Å². The lowest BCUT2D eigenvalue weighted by Gasteiger charge is -2.22. The number of fused-ring (bicyclic) bond motifs is 16. The topological polar surface area (TPSA) is 43.8 Å². The molecule has 0 N–H and O–H groups in total. The van der Waals surface area contributed by atoms with Gasteiger partial charge in [-0.1, -0.05) is 146 Å². The molecule has 0 aliphatic carbocycles. The van der Waals surface area contributed by atoms with Crippen LogP contribution in [-0.4, -0.2) is 18.8 Å². The zero-order valence-electron chi connectivity index (χ0n) is 39.5. The molecule has 67 heavy (non-hydrogen) atoms. The quantitative estimate of drug-likeness (QED) is 0.143. The van der Waals surface area contributed by atoms with E-state index in [2.05, 4.69) is 222 Å². The van der Waals surface area contributed by atoms with E-state index in [1.165, 1.54) is 60.8 Å². The molecule has 5 heteroatoms. The van der Waals surface area contributed by atoms with E-state index in [1.54, 1.807) is 0 Å². The summed E-state index contributed by atoms with van der Waals surface area (Å²) in [6.45, 7) is 18.4. The summed E-state index contributed by atoms with van der Waals surface area (Å²) in [6.07, 6.45) is 0. The van der Waals surface area contributed by atoms with Crippen molar-refractivity contribution >= 4 is 76.7 Å². The third-order valence-electron chi connectivity index (χ3n) is 14.2. The van der Waals surface area contributed by atoms with E-state index < -0.39 is 0 Å². The number of benzene rings is 8. The van der Waals surface area contributed by atoms with Crippen molar-refractivity contribution in [2.75, 3.05) is 0 Å². The average Bonchev–Trinajstić information content (AvgIpc) is 3.93. The van der Waals surface area contributed by atoms with Gasteiger partial charge in [0.1, 0.15) is 22.8 Å². The molecule has 0 radical (unpaired) electrons. The number of rotatable bonds is 8. The molecular formula is C62H54N4O. The van der Waals surface area contributed by atoms with Crippen molar-refractivity contribution in [3.8, 4) is 33.8 Å². The number of imidazole rings is 2. The molecule has 12 aromatic rings. The SMILES string of the molecule is CC(C)c1cccc(C(C)C)c1-c1ccc2c3ccc(Oc4ccc5c(c4)c4nc6ccccc6n4c4c(-c6c(C(C)C)cccc6C(C)C)cccc54)cc3c3nc4ccccc4n3c2c1. The molecule has 4 heterocycles. The summed E-state index contributed by atoms with van der Waals surface area (Å²) in [5.41, 5.74) is 18.9. The summed E-state index contributed by atoms with van der Waals surface area (Å²) >= 11 is 0. The number of hydrogen-bond donors (Lipinski definition) is 0. The van der Waals surface area contributed by atoms with Crippen molar-refractivity contribution in [1.82, 2.24) is 18.8 Å². The maximum absolute atomic E-state index is 6.92. The first-order chi connectivity index (χ1) is 32.5. The van der Waals surface area contributed by atoms with E-state index >= 15 is 0 Å². The first-order valence-electron chi connectivity index (χ1n) is 24.0. The lowest BCUT2D eigenvalue weighted by Crippen LogP contribution is -2.02. The molecule has 0 saturated heterocycles. The molecule has 0 bridgehead atoms. The Hall–Kier alpha value is -7.50. The highest BCUT2D eigenvalue weighted by molar-refractivity contribution is 6.18. The van der Waals surface area contributed by atoms with Gasteiger partial charge in [0.05, 0.1) is 33.1 Å². The highest BCUT2D eigenvalue weighted by Gasteiger charge is 2.23. The predicted octanol–water partition coefficient (Wildman–Crippen LogP) is 17.5. The van der Waals surface area contributed by atoms with Crippen LogP contribution in [0.2, 0.25) is 0 Å². The van der Waals surface area contributed by atoms with Gasteiger partial charge in [-0.25, -0.2) is 9.97 Å². The molecule has 0 amide bonds. The second kappa shape index (κ2) is 15.6. The number of aromatic nitrogens is 4. The Labute approximate surface area is 391 Å². The first-order valence-corrected chi connectivity index (χ1v) is 24.0. The maximum Gasteiger partial charge on any atom is 0.146 e. The van der Waals surface area contributed by atoms with Gasteiger partial charge in [-0.15, -0.1) is 0 Å². The van der Waals surface area contributed by atoms with Crippen LogP contribution in [0.5, 0.6) is 11.5 Å². The Morgan fingerprint density at radius 3 is 1.42 bits per heavy atom. The zero-order valence-corrected chi connectivity index (χ0v) is 39.5. The average molecular weight is 871 g/mol. The molecule has 0 spiro atoms. The Morgan fingerprint density at radius 1 is 0.373 bits per heavy atom. The van der Waals surface area contributed by atoms with E-state index in [0.717, 1.165) is 71.9 Å². The molecule has 0 aliphatic rings. The van der Waals surface area contributed by atoms with E-state index in [0.29, 0.717) is 23.7 Å². The molecule has 5 nitrogen and oxygen atoms in total. The van der Waals surface area contributed by atoms with Gasteiger partial charge < -0.3 is 4.74 Å². The van der Waals surface area contributed by atoms with Crippen LogP contribution >= 0.6 is 0 Å². The van der Waals surface area contributed by atoms with Crippen molar-refractivity contribution in [2.45, 2.75) is 79.1 Å². The molecule has 4 aromatic heterocycles. The Balaban J connectivity index is 1.05. The summed E-state index contributed by atoms with van der Waals surface area (Å²) in [4.78, 5) is 10.7. The van der Waals surface area contributed by atoms with Gasteiger partial charge in [0.2, 0.25) is 0 Å². The van der Waals surface area contributed by atoms with Crippen LogP contribution in [-0.2, 0) is 0 Å². The fraction of sp³-hybridized carbons (Fsp3) is 0.194. The van der Waals surface area contributed by atoms with Gasteiger partial charge >= 0.3 is 0 Å². The molecule has 328 valence electrons. The first kappa shape index (κ1) is 41.0. The largest absolute Gasteiger partial charge is 0.457 e. The molecule has 0 saturated carbocycles. The standard InChI is InChI=1S/C62H54N4O/c1-35(2)42-16-13-17-43(36(3)4)58(42)39-26-29-48-46-30-27-40(33-51(46)61-63-53-22-9-11-24-55(53)65(61)57(48)32-39)67-41-28-31-47-49-20-15-21-50(59-44(37(5)6)18-14-19-45(59)38(7)8)60(49)66-56-25-12-10-23-54(56)64-62(66)52(47)34-41/h9-38H,1-8H3. The molecule has 12 rings (SSSR count). The van der Waals surface area contributed by atoms with Crippen molar-refractivity contribution in [2.24, 2.45) is 0 Å². The zero-order chi connectivity index (χ0) is 45.8. The van der Waals surface area contributed by atoms with Crippen molar-refractivity contribution in [3.63, 3.8) is 0 Å². The fourth-order valence-electron chi connectivity index (χ4n) is 11.1. The summed E-state index contributed by atoms with van der Waals surface area (Å²) in [5.74, 6) is 3.02. The summed E-state index contributed by atoms with van der Waals surface area (Å²) in [6, 6.07) is 57.5. The Morgan fingerprint density at radius 2 is 0.851 bits per heavy atom. The van der Waals surface area contributed by atoms with Gasteiger partial charge in [0.15, 0.2) is 0 Å². The minimum atomic E-state index is 0.361. The molecule has 0 atom stereocenters. The van der Waals surface area contributed by atoms with Crippen LogP contribution in [0.15, 0.2) is 158 Å². The number of hydrogen-bond acceptors (Lipinski definition) is 3. The summed E-state index contributed by atoms with van der Waals surface area (Å²) in [7, 11) is 0. The molecule has 8 aromatic carbocycles. The lowest BCUT2D eigenvalue weighted by atomic mass is 9.84. The van der Waals surface area contributed by atoms with Crippen molar-refractivity contribution in [1.29, 1.82) is 0 Å². The van der Waals surface area contributed by atoms with E-state index in [-0.39, 0.29) is 0 Å². The smallest absolute Gasteiger partial charge is 0.146 e. The number of nitrogens with zero attached hydrogens (tertiary/aromatic N) is 4. The monoisotopic (exact) mass is 870 g/mol. The van der Waals surface area contributed by atoms with Gasteiger partial charge in [-0.05, 0) is 140 Å². The number of pyridine rings is 2. The summed E-state index contributed by atoms with van der Waals surface area (Å²) < 4.78 is 11.7. The van der Waals surface area contributed by atoms with Crippen LogP contribution in [0.4, 0.5) is 0 Å². The van der Waals surface area contributed by atoms with Crippen LogP contribution in [0.1, 0.15) is 101 Å². The van der Waals surface area contributed by atoms with Gasteiger partial charge in [-0.2, -0.15) is 0 Å². The third kappa shape index (κ3) is 6.35. The van der Waals surface area contributed by atoms with Crippen molar-refractivity contribution in [3.05, 3.63) is 180 Å². The third-order valence-corrected chi connectivity index (χ3v) is 14.2. The Kier molecular flexibility index (Phi) is 9.51. The highest BCUT2D eigenvalue weighted by atomic mass is 16.5. The minimum absolute atomic E-state index is 0.361. The summed E-state index contributed by atoms with van der Waals surface area (Å²) in [5, 5.41) is 6.74. The molecular weight excluding hydrogens is 817 g/mol. The van der Waals surface area contributed by atoms with Crippen LogP contribution < -0.4 is 4.74 Å². The fourth-order valence-corrected chi connectivity index (χ4v) is 11.1.